The molecule has 13 heavy (non-hydrogen) atoms. The molecule has 1 heterocycles. The van der Waals surface area contributed by atoms with E-state index in [1.54, 1.807) is 0 Å². The van der Waals surface area contributed by atoms with Crippen LogP contribution in [0.4, 0.5) is 0 Å². The Balaban J connectivity index is 2.41. The van der Waals surface area contributed by atoms with Gasteiger partial charge in [0.15, 0.2) is 0 Å². The first kappa shape index (κ1) is 9.34. The lowest BCUT2D eigenvalue weighted by Gasteiger charge is -2.24. The van der Waals surface area contributed by atoms with Gasteiger partial charge in [0, 0.05) is 16.0 Å². The second-order valence-electron chi connectivity index (χ2n) is 3.04. The van der Waals surface area contributed by atoms with Gasteiger partial charge in [0.25, 0.3) is 0 Å². The molecule has 1 unspecified atom stereocenters. The highest BCUT2D eigenvalue weighted by molar-refractivity contribution is 7.99. The van der Waals surface area contributed by atoms with Gasteiger partial charge in [-0.15, -0.1) is 11.8 Å². The van der Waals surface area contributed by atoms with Crippen LogP contribution in [0, 0.1) is 0 Å². The number of hydrogen-bond donors (Lipinski definition) is 2. The van der Waals surface area contributed by atoms with Crippen LogP contribution in [-0.4, -0.2) is 5.75 Å². The summed E-state index contributed by atoms with van der Waals surface area (Å²) in [5.74, 6) is 6.58. The molecular formula is C9H11ClN2S. The molecule has 1 atom stereocenters. The molecule has 1 aliphatic rings. The Kier molecular flexibility index (Phi) is 2.79. The van der Waals surface area contributed by atoms with Crippen LogP contribution in [0.3, 0.4) is 0 Å². The summed E-state index contributed by atoms with van der Waals surface area (Å²) in [5, 5.41) is 0.779. The van der Waals surface area contributed by atoms with Gasteiger partial charge in [-0.1, -0.05) is 11.6 Å². The molecular weight excluding hydrogens is 204 g/mol. The SMILES string of the molecule is NNC1CCSc2ccc(Cl)cc21. The Morgan fingerprint density at radius 3 is 3.15 bits per heavy atom. The Morgan fingerprint density at radius 1 is 1.54 bits per heavy atom. The minimum absolute atomic E-state index is 0.259. The normalized spacial score (nSPS) is 21.2. The summed E-state index contributed by atoms with van der Waals surface area (Å²) < 4.78 is 0. The van der Waals surface area contributed by atoms with Crippen molar-refractivity contribution in [1.29, 1.82) is 0 Å². The first-order valence-electron chi connectivity index (χ1n) is 4.19. The lowest BCUT2D eigenvalue weighted by atomic mass is 10.0. The van der Waals surface area contributed by atoms with Crippen LogP contribution in [0.5, 0.6) is 0 Å². The fourth-order valence-electron chi connectivity index (χ4n) is 1.54. The number of fused-ring (bicyclic) bond motifs is 1. The summed E-state index contributed by atoms with van der Waals surface area (Å²) in [6, 6.07) is 6.24. The van der Waals surface area contributed by atoms with E-state index >= 15 is 0 Å². The zero-order valence-corrected chi connectivity index (χ0v) is 8.66. The molecule has 70 valence electrons. The van der Waals surface area contributed by atoms with E-state index in [9.17, 15) is 0 Å². The van der Waals surface area contributed by atoms with Crippen LogP contribution < -0.4 is 11.3 Å². The van der Waals surface area contributed by atoms with E-state index in [0.29, 0.717) is 0 Å². The third kappa shape index (κ3) is 1.83. The summed E-state index contributed by atoms with van der Waals surface area (Å²) in [4.78, 5) is 1.29. The molecule has 2 rings (SSSR count). The Hall–Kier alpha value is -0.220. The van der Waals surface area contributed by atoms with Crippen LogP contribution >= 0.6 is 23.4 Å². The molecule has 0 aliphatic carbocycles. The molecule has 1 aromatic rings. The van der Waals surface area contributed by atoms with Crippen molar-refractivity contribution < 1.29 is 0 Å². The number of nitrogens with one attached hydrogen (secondary N) is 1. The minimum atomic E-state index is 0.259. The van der Waals surface area contributed by atoms with Gasteiger partial charge in [-0.25, -0.2) is 0 Å². The fourth-order valence-corrected chi connectivity index (χ4v) is 2.82. The van der Waals surface area contributed by atoms with Crippen molar-refractivity contribution in [3.8, 4) is 0 Å². The van der Waals surface area contributed by atoms with E-state index in [2.05, 4.69) is 11.5 Å². The average Bonchev–Trinajstić information content (AvgIpc) is 2.17. The highest BCUT2D eigenvalue weighted by atomic mass is 35.5. The molecule has 3 N–H and O–H groups in total. The number of halogens is 1. The molecule has 0 bridgehead atoms. The summed E-state index contributed by atoms with van der Waals surface area (Å²) in [7, 11) is 0. The molecule has 0 saturated heterocycles. The number of nitrogens with two attached hydrogens (primary N) is 1. The number of hydrogen-bond acceptors (Lipinski definition) is 3. The highest BCUT2D eigenvalue weighted by Crippen LogP contribution is 2.36. The van der Waals surface area contributed by atoms with Gasteiger partial charge in [0.1, 0.15) is 0 Å². The van der Waals surface area contributed by atoms with Crippen molar-refractivity contribution in [3.63, 3.8) is 0 Å². The predicted octanol–water partition coefficient (Wildman–Crippen LogP) is 2.34. The van der Waals surface area contributed by atoms with Gasteiger partial charge in [0.05, 0.1) is 0 Å². The lowest BCUT2D eigenvalue weighted by molar-refractivity contribution is 0.529. The van der Waals surface area contributed by atoms with Crippen molar-refractivity contribution in [3.05, 3.63) is 28.8 Å². The van der Waals surface area contributed by atoms with Crippen molar-refractivity contribution in [2.24, 2.45) is 5.84 Å². The van der Waals surface area contributed by atoms with E-state index in [0.717, 1.165) is 17.2 Å². The number of hydrazine groups is 1. The van der Waals surface area contributed by atoms with Crippen molar-refractivity contribution in [2.75, 3.05) is 5.75 Å². The van der Waals surface area contributed by atoms with Crippen LogP contribution in [-0.2, 0) is 0 Å². The maximum Gasteiger partial charge on any atom is 0.0479 e. The standard InChI is InChI=1S/C9H11ClN2S/c10-6-1-2-9-7(5-6)8(12-11)3-4-13-9/h1-2,5,8,12H,3-4,11H2. The molecule has 1 aromatic carbocycles. The second-order valence-corrected chi connectivity index (χ2v) is 4.61. The third-order valence-electron chi connectivity index (χ3n) is 2.21. The van der Waals surface area contributed by atoms with Crippen molar-refractivity contribution >= 4 is 23.4 Å². The van der Waals surface area contributed by atoms with E-state index in [4.69, 9.17) is 17.4 Å². The monoisotopic (exact) mass is 214 g/mol. The summed E-state index contributed by atoms with van der Waals surface area (Å²) in [5.41, 5.74) is 4.04. The minimum Gasteiger partial charge on any atom is -0.271 e. The lowest BCUT2D eigenvalue weighted by Crippen LogP contribution is -2.30. The summed E-state index contributed by atoms with van der Waals surface area (Å²) in [6.45, 7) is 0. The zero-order valence-electron chi connectivity index (χ0n) is 7.09. The predicted molar refractivity (Wildman–Crippen MR) is 56.9 cm³/mol. The molecule has 0 spiro atoms. The second kappa shape index (κ2) is 3.88. The van der Waals surface area contributed by atoms with Gasteiger partial charge in [0.2, 0.25) is 0 Å². The van der Waals surface area contributed by atoms with Crippen LogP contribution in [0.2, 0.25) is 5.02 Å². The largest absolute Gasteiger partial charge is 0.271 e. The smallest absolute Gasteiger partial charge is 0.0479 e. The summed E-state index contributed by atoms with van der Waals surface area (Å²) >= 11 is 7.78. The van der Waals surface area contributed by atoms with Crippen molar-refractivity contribution in [2.45, 2.75) is 17.4 Å². The molecule has 1 aliphatic heterocycles. The van der Waals surface area contributed by atoms with E-state index in [1.165, 1.54) is 10.5 Å². The van der Waals surface area contributed by atoms with Gasteiger partial charge in [-0.3, -0.25) is 11.3 Å². The molecule has 0 aromatic heterocycles. The van der Waals surface area contributed by atoms with Gasteiger partial charge >= 0.3 is 0 Å². The maximum atomic E-state index is 5.92. The Morgan fingerprint density at radius 2 is 2.38 bits per heavy atom. The van der Waals surface area contributed by atoms with E-state index < -0.39 is 0 Å². The van der Waals surface area contributed by atoms with Gasteiger partial charge in [-0.05, 0) is 35.9 Å². The fraction of sp³-hybridized carbons (Fsp3) is 0.333. The topological polar surface area (TPSA) is 38.0 Å². The van der Waals surface area contributed by atoms with Crippen LogP contribution in [0.15, 0.2) is 23.1 Å². The first-order valence-corrected chi connectivity index (χ1v) is 5.56. The molecule has 0 saturated carbocycles. The van der Waals surface area contributed by atoms with E-state index in [-0.39, 0.29) is 6.04 Å². The molecule has 0 radical (unpaired) electrons. The highest BCUT2D eigenvalue weighted by Gasteiger charge is 2.19. The molecule has 0 amide bonds. The Bertz CT molecular complexity index is 316. The summed E-state index contributed by atoms with van der Waals surface area (Å²) in [6.07, 6.45) is 1.06. The Labute approximate surface area is 86.8 Å². The number of benzene rings is 1. The number of thioether (sulfide) groups is 1. The maximum absolute atomic E-state index is 5.92. The average molecular weight is 215 g/mol. The number of rotatable bonds is 1. The zero-order chi connectivity index (χ0) is 9.26. The molecule has 0 fully saturated rings. The van der Waals surface area contributed by atoms with Gasteiger partial charge in [-0.2, -0.15) is 0 Å². The first-order chi connectivity index (χ1) is 6.31. The molecule has 2 nitrogen and oxygen atoms in total. The van der Waals surface area contributed by atoms with Gasteiger partial charge < -0.3 is 0 Å². The van der Waals surface area contributed by atoms with Crippen LogP contribution in [0.1, 0.15) is 18.0 Å². The third-order valence-corrected chi connectivity index (χ3v) is 3.57. The van der Waals surface area contributed by atoms with Crippen molar-refractivity contribution in [1.82, 2.24) is 5.43 Å². The van der Waals surface area contributed by atoms with Crippen LogP contribution in [0.25, 0.3) is 0 Å². The quantitative estimate of drug-likeness (QED) is 0.557. The molecule has 4 heteroatoms. The van der Waals surface area contributed by atoms with E-state index in [1.807, 2.05) is 23.9 Å².